The summed E-state index contributed by atoms with van der Waals surface area (Å²) in [6, 6.07) is 6.45. The fourth-order valence-electron chi connectivity index (χ4n) is 1.42. The van der Waals surface area contributed by atoms with Crippen molar-refractivity contribution in [2.45, 2.75) is 0 Å². The summed E-state index contributed by atoms with van der Waals surface area (Å²) in [5.41, 5.74) is 11.2. The van der Waals surface area contributed by atoms with Crippen LogP contribution in [0.4, 0.5) is 4.79 Å². The first-order valence-electron chi connectivity index (χ1n) is 4.35. The molecule has 0 spiro atoms. The van der Waals surface area contributed by atoms with E-state index in [1.807, 2.05) is 12.1 Å². The number of amides is 2. The number of benzene rings is 1. The van der Waals surface area contributed by atoms with Gasteiger partial charge < -0.3 is 5.73 Å². The van der Waals surface area contributed by atoms with Crippen molar-refractivity contribution < 1.29 is 9.59 Å². The topological polar surface area (TPSA) is 84.2 Å². The molecular formula is C10H9N3O2. The predicted molar refractivity (Wildman–Crippen MR) is 54.6 cm³/mol. The van der Waals surface area contributed by atoms with Crippen LogP contribution in [0.5, 0.6) is 0 Å². The number of nitrogens with two attached hydrogens (primary N) is 1. The number of Topliss-reactive ketones (excluding diaryl/α,β-unsaturated/α-hetero) is 1. The summed E-state index contributed by atoms with van der Waals surface area (Å²) >= 11 is 0. The van der Waals surface area contributed by atoms with E-state index in [9.17, 15) is 9.59 Å². The van der Waals surface area contributed by atoms with Gasteiger partial charge in [0.05, 0.1) is 0 Å². The van der Waals surface area contributed by atoms with E-state index in [4.69, 9.17) is 5.73 Å². The summed E-state index contributed by atoms with van der Waals surface area (Å²) in [7, 11) is 0. The molecule has 4 N–H and O–H groups in total. The molecule has 2 rings (SSSR count). The van der Waals surface area contributed by atoms with Crippen molar-refractivity contribution in [3.63, 3.8) is 0 Å². The Morgan fingerprint density at radius 1 is 1.27 bits per heavy atom. The van der Waals surface area contributed by atoms with Crippen molar-refractivity contribution in [2.75, 3.05) is 0 Å². The molecule has 0 heterocycles. The standard InChI is InChI=1S/C10H9N3O2/c11-10(15)13-12-8-5-6-3-1-2-4-7(6)9(8)14/h1-5H,(H,12,14)(H3,11,13,15). The summed E-state index contributed by atoms with van der Waals surface area (Å²) in [5, 5.41) is 0. The van der Waals surface area contributed by atoms with Gasteiger partial charge >= 0.3 is 6.03 Å². The van der Waals surface area contributed by atoms with E-state index in [0.717, 1.165) is 5.56 Å². The summed E-state index contributed by atoms with van der Waals surface area (Å²) in [6.07, 6.45) is 1.66. The molecule has 0 atom stereocenters. The van der Waals surface area contributed by atoms with Gasteiger partial charge in [-0.2, -0.15) is 0 Å². The van der Waals surface area contributed by atoms with Gasteiger partial charge in [0.2, 0.25) is 5.78 Å². The fourth-order valence-corrected chi connectivity index (χ4v) is 1.42. The smallest absolute Gasteiger partial charge is 0.330 e. The Bertz CT molecular complexity index is 465. The number of nitrogens with one attached hydrogen (secondary N) is 2. The average Bonchev–Trinajstić information content (AvgIpc) is 2.54. The van der Waals surface area contributed by atoms with Gasteiger partial charge in [-0.3, -0.25) is 15.6 Å². The average molecular weight is 203 g/mol. The van der Waals surface area contributed by atoms with Gasteiger partial charge in [-0.15, -0.1) is 0 Å². The molecule has 76 valence electrons. The van der Waals surface area contributed by atoms with E-state index in [0.29, 0.717) is 11.3 Å². The maximum absolute atomic E-state index is 11.7. The number of hydrazine groups is 1. The minimum atomic E-state index is -0.736. The molecule has 0 saturated heterocycles. The second-order valence-corrected chi connectivity index (χ2v) is 3.09. The highest BCUT2D eigenvalue weighted by atomic mass is 16.2. The highest BCUT2D eigenvalue weighted by Crippen LogP contribution is 2.22. The maximum atomic E-state index is 11.7. The number of ketones is 1. The molecule has 0 fully saturated rings. The van der Waals surface area contributed by atoms with Gasteiger partial charge in [-0.05, 0) is 11.6 Å². The molecule has 0 unspecified atom stereocenters. The van der Waals surface area contributed by atoms with E-state index >= 15 is 0 Å². The molecule has 0 saturated carbocycles. The Morgan fingerprint density at radius 3 is 2.67 bits per heavy atom. The number of primary amides is 1. The zero-order chi connectivity index (χ0) is 10.8. The lowest BCUT2D eigenvalue weighted by Crippen LogP contribution is -2.41. The van der Waals surface area contributed by atoms with Crippen molar-refractivity contribution in [3.05, 3.63) is 41.1 Å². The Kier molecular flexibility index (Phi) is 2.13. The molecule has 1 aromatic carbocycles. The third kappa shape index (κ3) is 1.67. The molecule has 1 aliphatic rings. The Labute approximate surface area is 85.9 Å². The van der Waals surface area contributed by atoms with Gasteiger partial charge in [-0.1, -0.05) is 24.3 Å². The fraction of sp³-hybridized carbons (Fsp3) is 0. The lowest BCUT2D eigenvalue weighted by molar-refractivity contribution is 0.102. The lowest BCUT2D eigenvalue weighted by atomic mass is 10.1. The minimum Gasteiger partial charge on any atom is -0.350 e. The molecule has 15 heavy (non-hydrogen) atoms. The van der Waals surface area contributed by atoms with E-state index in [1.165, 1.54) is 0 Å². The maximum Gasteiger partial charge on any atom is 0.330 e. The van der Waals surface area contributed by atoms with Crippen LogP contribution in [-0.2, 0) is 0 Å². The number of hydrogen-bond acceptors (Lipinski definition) is 3. The van der Waals surface area contributed by atoms with E-state index < -0.39 is 6.03 Å². The number of carbonyl (C=O) groups is 2. The number of carbonyl (C=O) groups excluding carboxylic acids is 2. The molecule has 1 aromatic rings. The minimum absolute atomic E-state index is 0.153. The van der Waals surface area contributed by atoms with Gasteiger partial charge in [-0.25, -0.2) is 4.79 Å². The van der Waals surface area contributed by atoms with Crippen LogP contribution in [0.15, 0.2) is 30.0 Å². The number of hydrogen-bond donors (Lipinski definition) is 3. The second-order valence-electron chi connectivity index (χ2n) is 3.09. The number of fused-ring (bicyclic) bond motifs is 1. The normalized spacial score (nSPS) is 13.1. The number of rotatable bonds is 2. The van der Waals surface area contributed by atoms with Crippen molar-refractivity contribution in [1.29, 1.82) is 0 Å². The van der Waals surface area contributed by atoms with Crippen LogP contribution < -0.4 is 16.6 Å². The monoisotopic (exact) mass is 203 g/mol. The van der Waals surface area contributed by atoms with Crippen LogP contribution >= 0.6 is 0 Å². The van der Waals surface area contributed by atoms with Crippen LogP contribution in [0.2, 0.25) is 0 Å². The number of allylic oxidation sites excluding steroid dienone is 1. The van der Waals surface area contributed by atoms with Crippen molar-refractivity contribution in [2.24, 2.45) is 5.73 Å². The Morgan fingerprint density at radius 2 is 2.00 bits per heavy atom. The Balaban J connectivity index is 2.20. The number of urea groups is 1. The molecule has 2 amide bonds. The molecule has 5 heteroatoms. The summed E-state index contributed by atoms with van der Waals surface area (Å²) in [5.74, 6) is -0.153. The highest BCUT2D eigenvalue weighted by molar-refractivity contribution is 6.17. The lowest BCUT2D eigenvalue weighted by Gasteiger charge is -2.04. The molecule has 0 radical (unpaired) electrons. The van der Waals surface area contributed by atoms with Crippen LogP contribution in [0, 0.1) is 0 Å². The van der Waals surface area contributed by atoms with Crippen LogP contribution in [0.3, 0.4) is 0 Å². The summed E-state index contributed by atoms with van der Waals surface area (Å²) in [4.78, 5) is 22.1. The Hall–Kier alpha value is -2.30. The predicted octanol–water partition coefficient (Wildman–Crippen LogP) is 0.397. The largest absolute Gasteiger partial charge is 0.350 e. The second kappa shape index (κ2) is 3.45. The molecule has 0 aromatic heterocycles. The van der Waals surface area contributed by atoms with Crippen LogP contribution in [0.1, 0.15) is 15.9 Å². The zero-order valence-corrected chi connectivity index (χ0v) is 7.78. The third-order valence-corrected chi connectivity index (χ3v) is 2.07. The van der Waals surface area contributed by atoms with Crippen LogP contribution in [-0.4, -0.2) is 11.8 Å². The first-order valence-corrected chi connectivity index (χ1v) is 4.35. The van der Waals surface area contributed by atoms with Gasteiger partial charge in [0, 0.05) is 5.56 Å². The highest BCUT2D eigenvalue weighted by Gasteiger charge is 2.21. The molecule has 1 aliphatic carbocycles. The first kappa shape index (κ1) is 9.26. The zero-order valence-electron chi connectivity index (χ0n) is 7.78. The van der Waals surface area contributed by atoms with E-state index in [1.54, 1.807) is 18.2 Å². The molecule has 5 nitrogen and oxygen atoms in total. The molecule has 0 bridgehead atoms. The SMILES string of the molecule is NC(=O)NNC1=Cc2ccccc2C1=O. The van der Waals surface area contributed by atoms with Gasteiger partial charge in [0.15, 0.2) is 0 Å². The summed E-state index contributed by atoms with van der Waals surface area (Å²) in [6.45, 7) is 0. The van der Waals surface area contributed by atoms with Crippen LogP contribution in [0.25, 0.3) is 6.08 Å². The van der Waals surface area contributed by atoms with Gasteiger partial charge in [0.1, 0.15) is 5.70 Å². The van der Waals surface area contributed by atoms with E-state index in [2.05, 4.69) is 10.9 Å². The van der Waals surface area contributed by atoms with Crippen molar-refractivity contribution in [1.82, 2.24) is 10.9 Å². The molecular weight excluding hydrogens is 194 g/mol. The van der Waals surface area contributed by atoms with E-state index in [-0.39, 0.29) is 5.78 Å². The van der Waals surface area contributed by atoms with Crippen molar-refractivity contribution in [3.8, 4) is 0 Å². The van der Waals surface area contributed by atoms with Crippen molar-refractivity contribution >= 4 is 17.9 Å². The van der Waals surface area contributed by atoms with Gasteiger partial charge in [0.25, 0.3) is 0 Å². The quantitative estimate of drug-likeness (QED) is 0.608. The summed E-state index contributed by atoms with van der Waals surface area (Å²) < 4.78 is 0. The first-order chi connectivity index (χ1) is 7.18. The molecule has 0 aliphatic heterocycles. The third-order valence-electron chi connectivity index (χ3n) is 2.07.